The Kier molecular flexibility index (Phi) is 4.59. The zero-order chi connectivity index (χ0) is 16.4. The molecule has 120 valence electrons. The molecule has 0 aliphatic carbocycles. The van der Waals surface area contributed by atoms with Gasteiger partial charge in [-0.2, -0.15) is 0 Å². The van der Waals surface area contributed by atoms with Crippen molar-refractivity contribution in [3.8, 4) is 11.5 Å². The van der Waals surface area contributed by atoms with E-state index in [2.05, 4.69) is 36.8 Å². The molecule has 0 unspecified atom stereocenters. The van der Waals surface area contributed by atoms with Crippen LogP contribution in [0, 0.1) is 13.8 Å². The van der Waals surface area contributed by atoms with E-state index < -0.39 is 0 Å². The zero-order valence-corrected chi connectivity index (χ0v) is 14.7. The number of nitrogens with zero attached hydrogens (tertiary/aromatic N) is 3. The van der Waals surface area contributed by atoms with Gasteiger partial charge in [-0.05, 0) is 39.4 Å². The molecular weight excluding hydrogens is 306 g/mol. The summed E-state index contributed by atoms with van der Waals surface area (Å²) in [6.45, 7) is 6.95. The first-order valence-electron chi connectivity index (χ1n) is 7.68. The summed E-state index contributed by atoms with van der Waals surface area (Å²) in [5, 5.41) is 3.13. The van der Waals surface area contributed by atoms with E-state index in [1.165, 1.54) is 5.56 Å². The highest BCUT2D eigenvalue weighted by Crippen LogP contribution is 2.27. The summed E-state index contributed by atoms with van der Waals surface area (Å²) >= 11 is 1.68. The minimum atomic E-state index is 0.257. The molecule has 0 fully saturated rings. The third kappa shape index (κ3) is 3.35. The van der Waals surface area contributed by atoms with Crippen LogP contribution in [0.2, 0.25) is 0 Å². The number of hydrogen-bond donors (Lipinski definition) is 0. The van der Waals surface area contributed by atoms with Crippen molar-refractivity contribution < 1.29 is 4.42 Å². The number of aryl methyl sites for hydroxylation is 2. The minimum absolute atomic E-state index is 0.257. The van der Waals surface area contributed by atoms with E-state index in [0.717, 1.165) is 28.6 Å². The Balaban J connectivity index is 1.80. The van der Waals surface area contributed by atoms with Crippen molar-refractivity contribution in [1.29, 1.82) is 0 Å². The number of rotatable bonds is 5. The van der Waals surface area contributed by atoms with E-state index in [1.54, 1.807) is 11.3 Å². The van der Waals surface area contributed by atoms with Crippen LogP contribution in [0.25, 0.3) is 11.5 Å². The fourth-order valence-corrected chi connectivity index (χ4v) is 3.27. The molecule has 1 aromatic carbocycles. The molecular formula is C18H21N3OS. The monoisotopic (exact) mass is 327 g/mol. The molecule has 0 aliphatic rings. The molecule has 0 N–H and O–H groups in total. The molecule has 0 spiro atoms. The Bertz CT molecular complexity index is 779. The van der Waals surface area contributed by atoms with Crippen LogP contribution in [0.3, 0.4) is 0 Å². The molecule has 0 aliphatic heterocycles. The van der Waals surface area contributed by atoms with Crippen molar-refractivity contribution in [3.05, 3.63) is 57.9 Å². The lowest BCUT2D eigenvalue weighted by molar-refractivity contribution is 0.248. The fraction of sp³-hybridized carbons (Fsp3) is 0.333. The second-order valence-electron chi connectivity index (χ2n) is 5.80. The van der Waals surface area contributed by atoms with Crippen LogP contribution in [0.5, 0.6) is 0 Å². The lowest BCUT2D eigenvalue weighted by Gasteiger charge is -2.21. The van der Waals surface area contributed by atoms with Gasteiger partial charge in [-0.15, -0.1) is 11.3 Å². The molecule has 3 aromatic rings. The predicted molar refractivity (Wildman–Crippen MR) is 93.4 cm³/mol. The van der Waals surface area contributed by atoms with Gasteiger partial charge in [0.15, 0.2) is 0 Å². The van der Waals surface area contributed by atoms with E-state index in [1.807, 2.05) is 36.7 Å². The third-order valence-electron chi connectivity index (χ3n) is 4.14. The average molecular weight is 327 g/mol. The van der Waals surface area contributed by atoms with Gasteiger partial charge in [0.2, 0.25) is 5.89 Å². The SMILES string of the molecule is Cc1ccccc1-c1nc(CN(C)[C@H](C)c2nccs2)c(C)o1. The zero-order valence-electron chi connectivity index (χ0n) is 13.9. The number of thiazole rings is 1. The van der Waals surface area contributed by atoms with Gasteiger partial charge >= 0.3 is 0 Å². The lowest BCUT2D eigenvalue weighted by Crippen LogP contribution is -2.22. The maximum Gasteiger partial charge on any atom is 0.226 e. The lowest BCUT2D eigenvalue weighted by atomic mass is 10.1. The largest absolute Gasteiger partial charge is 0.441 e. The quantitative estimate of drug-likeness (QED) is 0.686. The van der Waals surface area contributed by atoms with Crippen LogP contribution in [0.4, 0.5) is 0 Å². The molecule has 5 heteroatoms. The highest BCUT2D eigenvalue weighted by molar-refractivity contribution is 7.09. The van der Waals surface area contributed by atoms with Crippen LogP contribution in [0.1, 0.15) is 35.0 Å². The maximum atomic E-state index is 5.90. The first-order valence-corrected chi connectivity index (χ1v) is 8.56. The van der Waals surface area contributed by atoms with Crippen LogP contribution in [-0.2, 0) is 6.54 Å². The molecule has 1 atom stereocenters. The summed E-state index contributed by atoms with van der Waals surface area (Å²) in [7, 11) is 2.09. The number of hydrogen-bond acceptors (Lipinski definition) is 5. The maximum absolute atomic E-state index is 5.90. The average Bonchev–Trinajstić information content (AvgIpc) is 3.18. The highest BCUT2D eigenvalue weighted by Gasteiger charge is 2.19. The summed E-state index contributed by atoms with van der Waals surface area (Å²) in [6.07, 6.45) is 1.85. The number of aromatic nitrogens is 2. The van der Waals surface area contributed by atoms with E-state index in [-0.39, 0.29) is 6.04 Å². The molecule has 0 radical (unpaired) electrons. The van der Waals surface area contributed by atoms with E-state index in [0.29, 0.717) is 5.89 Å². The van der Waals surface area contributed by atoms with Gasteiger partial charge in [-0.1, -0.05) is 18.2 Å². The van der Waals surface area contributed by atoms with Crippen LogP contribution >= 0.6 is 11.3 Å². The minimum Gasteiger partial charge on any atom is -0.441 e. The molecule has 0 amide bonds. The van der Waals surface area contributed by atoms with Crippen molar-refractivity contribution in [2.75, 3.05) is 7.05 Å². The van der Waals surface area contributed by atoms with Crippen LogP contribution in [0.15, 0.2) is 40.3 Å². The topological polar surface area (TPSA) is 42.2 Å². The molecule has 0 saturated carbocycles. The first kappa shape index (κ1) is 15.9. The van der Waals surface area contributed by atoms with Crippen molar-refractivity contribution >= 4 is 11.3 Å². The molecule has 23 heavy (non-hydrogen) atoms. The van der Waals surface area contributed by atoms with Gasteiger partial charge < -0.3 is 4.42 Å². The summed E-state index contributed by atoms with van der Waals surface area (Å²) in [4.78, 5) is 11.4. The Labute approximate surface area is 140 Å². The van der Waals surface area contributed by atoms with E-state index in [9.17, 15) is 0 Å². The van der Waals surface area contributed by atoms with Gasteiger partial charge in [-0.25, -0.2) is 9.97 Å². The third-order valence-corrected chi connectivity index (χ3v) is 5.08. The Morgan fingerprint density at radius 3 is 2.74 bits per heavy atom. The van der Waals surface area contributed by atoms with Crippen molar-refractivity contribution in [1.82, 2.24) is 14.9 Å². The fourth-order valence-electron chi connectivity index (χ4n) is 2.51. The number of oxazole rings is 1. The summed E-state index contributed by atoms with van der Waals surface area (Å²) in [5.41, 5.74) is 3.21. The number of benzene rings is 1. The summed E-state index contributed by atoms with van der Waals surface area (Å²) < 4.78 is 5.90. The highest BCUT2D eigenvalue weighted by atomic mass is 32.1. The second kappa shape index (κ2) is 6.64. The van der Waals surface area contributed by atoms with Crippen LogP contribution < -0.4 is 0 Å². The van der Waals surface area contributed by atoms with Gasteiger partial charge in [0.25, 0.3) is 0 Å². The molecule has 4 nitrogen and oxygen atoms in total. The summed E-state index contributed by atoms with van der Waals surface area (Å²) in [5.74, 6) is 1.58. The smallest absolute Gasteiger partial charge is 0.226 e. The Morgan fingerprint density at radius 1 is 1.26 bits per heavy atom. The normalized spacial score (nSPS) is 12.7. The molecule has 2 aromatic heterocycles. The standard InChI is InChI=1S/C18H21N3OS/c1-12-7-5-6-8-15(12)17-20-16(14(3)22-17)11-21(4)13(2)18-19-9-10-23-18/h5-10,13H,11H2,1-4H3/t13-/m1/s1. The predicted octanol–water partition coefficient (Wildman–Crippen LogP) is 4.61. The summed E-state index contributed by atoms with van der Waals surface area (Å²) in [6, 6.07) is 8.42. The first-order chi connectivity index (χ1) is 11.1. The molecule has 2 heterocycles. The van der Waals surface area contributed by atoms with Crippen molar-refractivity contribution in [3.63, 3.8) is 0 Å². The Morgan fingerprint density at radius 2 is 2.04 bits per heavy atom. The van der Waals surface area contributed by atoms with Gasteiger partial charge in [0, 0.05) is 23.7 Å². The van der Waals surface area contributed by atoms with Gasteiger partial charge in [0.1, 0.15) is 10.8 Å². The van der Waals surface area contributed by atoms with Crippen molar-refractivity contribution in [2.24, 2.45) is 0 Å². The van der Waals surface area contributed by atoms with Gasteiger partial charge in [0.05, 0.1) is 11.7 Å². The molecule has 3 rings (SSSR count). The molecule has 0 saturated heterocycles. The van der Waals surface area contributed by atoms with Crippen LogP contribution in [-0.4, -0.2) is 21.9 Å². The second-order valence-corrected chi connectivity index (χ2v) is 6.72. The van der Waals surface area contributed by atoms with E-state index >= 15 is 0 Å². The Hall–Kier alpha value is -1.98. The van der Waals surface area contributed by atoms with Gasteiger partial charge in [-0.3, -0.25) is 4.90 Å². The van der Waals surface area contributed by atoms with Crippen molar-refractivity contribution in [2.45, 2.75) is 33.4 Å². The van der Waals surface area contributed by atoms with E-state index in [4.69, 9.17) is 9.40 Å². The molecule has 0 bridgehead atoms.